The number of ether oxygens (including phenoxy) is 3. The van der Waals surface area contributed by atoms with Crippen molar-refractivity contribution in [3.05, 3.63) is 0 Å². The first-order valence-corrected chi connectivity index (χ1v) is 6.88. The summed E-state index contributed by atoms with van der Waals surface area (Å²) in [6.45, 7) is 4.71. The van der Waals surface area contributed by atoms with Gasteiger partial charge in [-0.15, -0.1) is 0 Å². The fraction of sp³-hybridized carbons (Fsp3) is 1.00. The lowest BCUT2D eigenvalue weighted by Crippen LogP contribution is -2.42. The third kappa shape index (κ3) is 5.75. The molecule has 102 valence electrons. The van der Waals surface area contributed by atoms with Gasteiger partial charge in [0.25, 0.3) is 10.2 Å². The van der Waals surface area contributed by atoms with Crippen LogP contribution in [0.25, 0.3) is 0 Å². The molecule has 0 spiro atoms. The van der Waals surface area contributed by atoms with E-state index in [1.165, 1.54) is 7.11 Å². The molecule has 0 aromatic carbocycles. The fourth-order valence-electron chi connectivity index (χ4n) is 1.40. The van der Waals surface area contributed by atoms with Gasteiger partial charge in [0.1, 0.15) is 0 Å². The van der Waals surface area contributed by atoms with E-state index in [0.29, 0.717) is 13.2 Å². The highest BCUT2D eigenvalue weighted by Gasteiger charge is 2.32. The van der Waals surface area contributed by atoms with Gasteiger partial charge in [-0.2, -0.15) is 17.9 Å². The van der Waals surface area contributed by atoms with Crippen LogP contribution in [0, 0.1) is 0 Å². The summed E-state index contributed by atoms with van der Waals surface area (Å²) in [6.07, 6.45) is -0.260. The average molecular weight is 268 g/mol. The molecule has 0 aromatic rings. The Labute approximate surface area is 102 Å². The molecule has 0 aliphatic carbocycles. The molecule has 0 radical (unpaired) electrons. The van der Waals surface area contributed by atoms with Crippen molar-refractivity contribution in [2.45, 2.75) is 25.7 Å². The molecular formula is C9H20N2O5S. The molecule has 7 nitrogen and oxygen atoms in total. The van der Waals surface area contributed by atoms with Crippen LogP contribution in [0.2, 0.25) is 0 Å². The molecule has 2 N–H and O–H groups in total. The summed E-state index contributed by atoms with van der Waals surface area (Å²) in [4.78, 5) is 0. The van der Waals surface area contributed by atoms with E-state index in [1.807, 2.05) is 0 Å². The highest BCUT2D eigenvalue weighted by atomic mass is 32.2. The molecule has 0 saturated carbocycles. The van der Waals surface area contributed by atoms with Gasteiger partial charge < -0.3 is 14.2 Å². The summed E-state index contributed by atoms with van der Waals surface area (Å²) < 4.78 is 43.2. The van der Waals surface area contributed by atoms with Crippen LogP contribution in [-0.2, 0) is 24.4 Å². The summed E-state index contributed by atoms with van der Waals surface area (Å²) in [5.41, 5.74) is 0. The summed E-state index contributed by atoms with van der Waals surface area (Å²) in [7, 11) is -1.99. The van der Waals surface area contributed by atoms with Crippen molar-refractivity contribution in [2.75, 3.05) is 33.4 Å². The van der Waals surface area contributed by atoms with Gasteiger partial charge in [0.2, 0.25) is 0 Å². The van der Waals surface area contributed by atoms with E-state index in [2.05, 4.69) is 9.44 Å². The van der Waals surface area contributed by atoms with E-state index in [9.17, 15) is 8.42 Å². The van der Waals surface area contributed by atoms with Crippen LogP contribution >= 0.6 is 0 Å². The SMILES string of the molecule is COCCNS(=O)(=O)NCC1COC(C)(C)O1. The number of hydrogen-bond acceptors (Lipinski definition) is 5. The van der Waals surface area contributed by atoms with Crippen LogP contribution in [0.3, 0.4) is 0 Å². The quantitative estimate of drug-likeness (QED) is 0.591. The third-order valence-corrected chi connectivity index (χ3v) is 3.30. The first kappa shape index (κ1) is 14.8. The van der Waals surface area contributed by atoms with Gasteiger partial charge in [0, 0.05) is 20.2 Å². The Morgan fingerprint density at radius 3 is 2.65 bits per heavy atom. The molecule has 0 bridgehead atoms. The highest BCUT2D eigenvalue weighted by Crippen LogP contribution is 2.21. The first-order chi connectivity index (χ1) is 7.85. The Morgan fingerprint density at radius 1 is 1.41 bits per heavy atom. The molecule has 1 aliphatic heterocycles. The molecule has 0 amide bonds. The Hall–Kier alpha value is -0.250. The number of methoxy groups -OCH3 is 1. The molecule has 1 rings (SSSR count). The second-order valence-electron chi connectivity index (χ2n) is 4.19. The predicted molar refractivity (Wildman–Crippen MR) is 61.7 cm³/mol. The minimum absolute atomic E-state index is 0.186. The highest BCUT2D eigenvalue weighted by molar-refractivity contribution is 7.87. The van der Waals surface area contributed by atoms with Gasteiger partial charge in [-0.05, 0) is 13.8 Å². The Bertz CT molecular complexity index is 330. The lowest BCUT2D eigenvalue weighted by Gasteiger charge is -2.17. The van der Waals surface area contributed by atoms with Gasteiger partial charge in [-0.3, -0.25) is 0 Å². The zero-order chi connectivity index (χ0) is 12.9. The fourth-order valence-corrected chi connectivity index (χ4v) is 2.25. The smallest absolute Gasteiger partial charge is 0.277 e. The molecule has 1 unspecified atom stereocenters. The topological polar surface area (TPSA) is 85.9 Å². The number of nitrogens with one attached hydrogen (secondary N) is 2. The monoisotopic (exact) mass is 268 g/mol. The van der Waals surface area contributed by atoms with Gasteiger partial charge in [-0.25, -0.2) is 0 Å². The van der Waals surface area contributed by atoms with Crippen molar-refractivity contribution in [1.29, 1.82) is 0 Å². The standard InChI is InChI=1S/C9H20N2O5S/c1-9(2)15-7-8(16-9)6-11-17(12,13)10-4-5-14-3/h8,10-11H,4-7H2,1-3H3. The van der Waals surface area contributed by atoms with E-state index in [4.69, 9.17) is 14.2 Å². The maximum Gasteiger partial charge on any atom is 0.277 e. The van der Waals surface area contributed by atoms with Crippen LogP contribution in [0.1, 0.15) is 13.8 Å². The first-order valence-electron chi connectivity index (χ1n) is 5.39. The molecule has 1 saturated heterocycles. The van der Waals surface area contributed by atoms with Crippen molar-refractivity contribution in [3.8, 4) is 0 Å². The van der Waals surface area contributed by atoms with Crippen molar-refractivity contribution < 1.29 is 22.6 Å². The lowest BCUT2D eigenvalue weighted by molar-refractivity contribution is -0.137. The third-order valence-electron chi connectivity index (χ3n) is 2.17. The molecular weight excluding hydrogens is 248 g/mol. The second-order valence-corrected chi connectivity index (χ2v) is 5.77. The van der Waals surface area contributed by atoms with Crippen molar-refractivity contribution >= 4 is 10.2 Å². The van der Waals surface area contributed by atoms with Crippen molar-refractivity contribution in [2.24, 2.45) is 0 Å². The minimum Gasteiger partial charge on any atom is -0.383 e. The lowest BCUT2D eigenvalue weighted by atomic mass is 10.4. The van der Waals surface area contributed by atoms with Gasteiger partial charge in [-0.1, -0.05) is 0 Å². The molecule has 1 atom stereocenters. The Kier molecular flexibility index (Phi) is 5.29. The van der Waals surface area contributed by atoms with Crippen LogP contribution < -0.4 is 9.44 Å². The molecule has 8 heteroatoms. The van der Waals surface area contributed by atoms with Crippen LogP contribution in [0.15, 0.2) is 0 Å². The molecule has 1 fully saturated rings. The van der Waals surface area contributed by atoms with E-state index >= 15 is 0 Å². The van der Waals surface area contributed by atoms with Crippen molar-refractivity contribution in [1.82, 2.24) is 9.44 Å². The zero-order valence-corrected chi connectivity index (χ0v) is 11.2. The molecule has 17 heavy (non-hydrogen) atoms. The van der Waals surface area contributed by atoms with Crippen molar-refractivity contribution in [3.63, 3.8) is 0 Å². The maximum absolute atomic E-state index is 11.4. The van der Waals surface area contributed by atoms with E-state index in [0.717, 1.165) is 0 Å². The van der Waals surface area contributed by atoms with Crippen LogP contribution in [0.4, 0.5) is 0 Å². The van der Waals surface area contributed by atoms with E-state index in [1.54, 1.807) is 13.8 Å². The largest absolute Gasteiger partial charge is 0.383 e. The van der Waals surface area contributed by atoms with E-state index in [-0.39, 0.29) is 19.2 Å². The summed E-state index contributed by atoms with van der Waals surface area (Å²) >= 11 is 0. The summed E-state index contributed by atoms with van der Waals surface area (Å²) in [6, 6.07) is 0. The zero-order valence-electron chi connectivity index (χ0n) is 10.4. The average Bonchev–Trinajstić information content (AvgIpc) is 2.56. The Morgan fingerprint density at radius 2 is 2.12 bits per heavy atom. The van der Waals surface area contributed by atoms with Gasteiger partial charge >= 0.3 is 0 Å². The molecule has 1 aliphatic rings. The van der Waals surface area contributed by atoms with Crippen LogP contribution in [-0.4, -0.2) is 53.7 Å². The number of hydrogen-bond donors (Lipinski definition) is 2. The normalized spacial score (nSPS) is 24.1. The molecule has 0 aromatic heterocycles. The molecule has 1 heterocycles. The Balaban J connectivity index is 2.26. The van der Waals surface area contributed by atoms with Crippen LogP contribution in [0.5, 0.6) is 0 Å². The maximum atomic E-state index is 11.4. The predicted octanol–water partition coefficient (Wildman–Crippen LogP) is -0.792. The minimum atomic E-state index is -3.49. The second kappa shape index (κ2) is 6.07. The summed E-state index contributed by atoms with van der Waals surface area (Å²) in [5, 5.41) is 0. The number of rotatable bonds is 7. The summed E-state index contributed by atoms with van der Waals surface area (Å²) in [5.74, 6) is -0.639. The van der Waals surface area contributed by atoms with Gasteiger partial charge in [0.15, 0.2) is 5.79 Å². The van der Waals surface area contributed by atoms with Gasteiger partial charge in [0.05, 0.1) is 19.3 Å². The van der Waals surface area contributed by atoms with E-state index < -0.39 is 16.0 Å².